The molecular formula is C21H14N2. The van der Waals surface area contributed by atoms with E-state index in [1.165, 1.54) is 0 Å². The first-order valence-corrected chi connectivity index (χ1v) is 7.34. The Morgan fingerprint density at radius 2 is 1.39 bits per heavy atom. The molecule has 2 heteroatoms. The summed E-state index contributed by atoms with van der Waals surface area (Å²) in [7, 11) is 0. The Morgan fingerprint density at radius 3 is 2.09 bits per heavy atom. The van der Waals surface area contributed by atoms with Crippen LogP contribution in [0, 0.1) is 29.6 Å². The molecule has 0 heterocycles. The van der Waals surface area contributed by atoms with Crippen LogP contribution in [0.5, 0.6) is 0 Å². The molecule has 0 atom stereocenters. The molecule has 0 aromatic heterocycles. The van der Waals surface area contributed by atoms with Crippen molar-refractivity contribution in [2.45, 2.75) is 6.92 Å². The summed E-state index contributed by atoms with van der Waals surface area (Å²) in [6.45, 7) is 1.91. The summed E-state index contributed by atoms with van der Waals surface area (Å²) in [4.78, 5) is 0. The van der Waals surface area contributed by atoms with Crippen LogP contribution in [0.3, 0.4) is 0 Å². The van der Waals surface area contributed by atoms with Crippen LogP contribution < -0.4 is 0 Å². The summed E-state index contributed by atoms with van der Waals surface area (Å²) >= 11 is 0. The maximum absolute atomic E-state index is 9.58. The lowest BCUT2D eigenvalue weighted by Gasteiger charge is -2.07. The lowest BCUT2D eigenvalue weighted by atomic mass is 9.94. The molecule has 0 amide bonds. The van der Waals surface area contributed by atoms with E-state index < -0.39 is 0 Å². The van der Waals surface area contributed by atoms with E-state index in [1.807, 2.05) is 73.7 Å². The maximum Gasteiger partial charge on any atom is 0.100 e. The molecule has 23 heavy (non-hydrogen) atoms. The van der Waals surface area contributed by atoms with Crippen LogP contribution in [-0.4, -0.2) is 0 Å². The number of nitriles is 2. The number of hydrogen-bond acceptors (Lipinski definition) is 2. The van der Waals surface area contributed by atoms with E-state index in [2.05, 4.69) is 12.1 Å². The molecule has 0 bridgehead atoms. The molecule has 0 spiro atoms. The van der Waals surface area contributed by atoms with Gasteiger partial charge < -0.3 is 0 Å². The molecule has 0 fully saturated rings. The van der Waals surface area contributed by atoms with E-state index in [-0.39, 0.29) is 0 Å². The SMILES string of the molecule is Cc1ccc2c(C#N)c(/C=C/c3ccccc3)ccc2c1C#N. The molecule has 3 rings (SSSR count). The third kappa shape index (κ3) is 2.71. The highest BCUT2D eigenvalue weighted by Crippen LogP contribution is 2.28. The number of benzene rings is 3. The van der Waals surface area contributed by atoms with Gasteiger partial charge in [-0.25, -0.2) is 0 Å². The van der Waals surface area contributed by atoms with E-state index in [4.69, 9.17) is 0 Å². The number of hydrogen-bond donors (Lipinski definition) is 0. The van der Waals surface area contributed by atoms with Gasteiger partial charge in [0.15, 0.2) is 0 Å². The smallest absolute Gasteiger partial charge is 0.100 e. The zero-order valence-corrected chi connectivity index (χ0v) is 12.7. The van der Waals surface area contributed by atoms with Crippen molar-refractivity contribution in [1.82, 2.24) is 0 Å². The van der Waals surface area contributed by atoms with Gasteiger partial charge in [-0.15, -0.1) is 0 Å². The lowest BCUT2D eigenvalue weighted by Crippen LogP contribution is -1.90. The predicted octanol–water partition coefficient (Wildman–Crippen LogP) is 5.06. The Labute approximate surface area is 135 Å². The second-order valence-corrected chi connectivity index (χ2v) is 5.35. The second-order valence-electron chi connectivity index (χ2n) is 5.35. The average molecular weight is 294 g/mol. The third-order valence-corrected chi connectivity index (χ3v) is 3.92. The van der Waals surface area contributed by atoms with Gasteiger partial charge in [0.25, 0.3) is 0 Å². The first kappa shape index (κ1) is 14.6. The van der Waals surface area contributed by atoms with Gasteiger partial charge in [0.05, 0.1) is 11.1 Å². The van der Waals surface area contributed by atoms with Gasteiger partial charge in [-0.2, -0.15) is 10.5 Å². The number of aryl methyl sites for hydroxylation is 1. The van der Waals surface area contributed by atoms with Crippen LogP contribution in [0.1, 0.15) is 27.8 Å². The van der Waals surface area contributed by atoms with Gasteiger partial charge in [-0.1, -0.05) is 66.7 Å². The Bertz CT molecular complexity index is 984. The quantitative estimate of drug-likeness (QED) is 0.620. The highest BCUT2D eigenvalue weighted by atomic mass is 14.3. The topological polar surface area (TPSA) is 47.6 Å². The zero-order valence-electron chi connectivity index (χ0n) is 12.7. The fourth-order valence-corrected chi connectivity index (χ4v) is 2.69. The minimum absolute atomic E-state index is 0.603. The largest absolute Gasteiger partial charge is 0.192 e. The lowest BCUT2D eigenvalue weighted by molar-refractivity contribution is 1.42. The van der Waals surface area contributed by atoms with Crippen molar-refractivity contribution in [3.63, 3.8) is 0 Å². The molecule has 108 valence electrons. The Morgan fingerprint density at radius 1 is 0.739 bits per heavy atom. The fourth-order valence-electron chi connectivity index (χ4n) is 2.69. The van der Waals surface area contributed by atoms with E-state index in [9.17, 15) is 10.5 Å². The average Bonchev–Trinajstić information content (AvgIpc) is 2.60. The van der Waals surface area contributed by atoms with Crippen LogP contribution in [-0.2, 0) is 0 Å². The molecule has 0 N–H and O–H groups in total. The minimum atomic E-state index is 0.603. The van der Waals surface area contributed by atoms with Crippen LogP contribution >= 0.6 is 0 Å². The summed E-state index contributed by atoms with van der Waals surface area (Å²) in [5, 5.41) is 20.6. The third-order valence-electron chi connectivity index (χ3n) is 3.92. The van der Waals surface area contributed by atoms with Gasteiger partial charge in [-0.3, -0.25) is 0 Å². The molecule has 3 aromatic carbocycles. The monoisotopic (exact) mass is 294 g/mol. The molecule has 3 aromatic rings. The van der Waals surface area contributed by atoms with E-state index >= 15 is 0 Å². The Hall–Kier alpha value is -3.36. The summed E-state index contributed by atoms with van der Waals surface area (Å²) < 4.78 is 0. The minimum Gasteiger partial charge on any atom is -0.192 e. The highest BCUT2D eigenvalue weighted by molar-refractivity contribution is 5.96. The van der Waals surface area contributed by atoms with Crippen LogP contribution in [0.15, 0.2) is 54.6 Å². The molecule has 0 saturated carbocycles. The van der Waals surface area contributed by atoms with E-state index in [0.29, 0.717) is 11.1 Å². The van der Waals surface area contributed by atoms with Gasteiger partial charge >= 0.3 is 0 Å². The van der Waals surface area contributed by atoms with Crippen molar-refractivity contribution >= 4 is 22.9 Å². The van der Waals surface area contributed by atoms with Crippen molar-refractivity contribution in [1.29, 1.82) is 10.5 Å². The summed E-state index contributed by atoms with van der Waals surface area (Å²) in [6, 6.07) is 22.1. The number of nitrogens with zero attached hydrogens (tertiary/aromatic N) is 2. The predicted molar refractivity (Wildman–Crippen MR) is 93.5 cm³/mol. The Balaban J connectivity index is 2.17. The molecule has 0 aliphatic carbocycles. The first-order chi connectivity index (χ1) is 11.2. The highest BCUT2D eigenvalue weighted by Gasteiger charge is 2.10. The van der Waals surface area contributed by atoms with E-state index in [0.717, 1.165) is 27.5 Å². The second kappa shape index (κ2) is 6.18. The standard InChI is InChI=1S/C21H14N2/c1-15-7-11-19-18(20(15)13-22)12-10-17(21(19)14-23)9-8-16-5-3-2-4-6-16/h2-12H,1H3/b9-8+. The van der Waals surface area contributed by atoms with Crippen molar-refractivity contribution < 1.29 is 0 Å². The Kier molecular flexibility index (Phi) is 3.91. The van der Waals surface area contributed by atoms with Gasteiger partial charge in [0.1, 0.15) is 12.1 Å². The van der Waals surface area contributed by atoms with Crippen LogP contribution in [0.4, 0.5) is 0 Å². The molecule has 0 aliphatic rings. The van der Waals surface area contributed by atoms with Crippen LogP contribution in [0.2, 0.25) is 0 Å². The van der Waals surface area contributed by atoms with Gasteiger partial charge in [-0.05, 0) is 23.6 Å². The fraction of sp³-hybridized carbons (Fsp3) is 0.0476. The molecule has 0 radical (unpaired) electrons. The molecule has 0 aliphatic heterocycles. The molecular weight excluding hydrogens is 280 g/mol. The molecule has 0 unspecified atom stereocenters. The number of fused-ring (bicyclic) bond motifs is 1. The van der Waals surface area contributed by atoms with Crippen molar-refractivity contribution in [2.75, 3.05) is 0 Å². The molecule has 0 saturated heterocycles. The normalized spacial score (nSPS) is 10.6. The van der Waals surface area contributed by atoms with Crippen molar-refractivity contribution in [3.05, 3.63) is 82.4 Å². The summed E-state index contributed by atoms with van der Waals surface area (Å²) in [5.41, 5.74) is 4.11. The van der Waals surface area contributed by atoms with Gasteiger partial charge in [0.2, 0.25) is 0 Å². The maximum atomic E-state index is 9.58. The van der Waals surface area contributed by atoms with Crippen LogP contribution in [0.25, 0.3) is 22.9 Å². The zero-order chi connectivity index (χ0) is 16.2. The number of rotatable bonds is 2. The summed E-state index contributed by atoms with van der Waals surface area (Å²) in [6.07, 6.45) is 3.93. The van der Waals surface area contributed by atoms with Crippen molar-refractivity contribution in [3.8, 4) is 12.1 Å². The van der Waals surface area contributed by atoms with Crippen molar-refractivity contribution in [2.24, 2.45) is 0 Å². The first-order valence-electron chi connectivity index (χ1n) is 7.34. The molecule has 2 nitrogen and oxygen atoms in total. The summed E-state index contributed by atoms with van der Waals surface area (Å²) in [5.74, 6) is 0. The van der Waals surface area contributed by atoms with Gasteiger partial charge in [0, 0.05) is 10.8 Å². The van der Waals surface area contributed by atoms with E-state index in [1.54, 1.807) is 0 Å².